The predicted molar refractivity (Wildman–Crippen MR) is 89.7 cm³/mol. The number of benzene rings is 1. The van der Waals surface area contributed by atoms with Crippen LogP contribution < -0.4 is 10.9 Å². The molecule has 1 aromatic carbocycles. The van der Waals surface area contributed by atoms with Crippen molar-refractivity contribution in [1.82, 2.24) is 15.3 Å². The monoisotopic (exact) mass is 327 g/mol. The second-order valence-electron chi connectivity index (χ2n) is 6.23. The van der Waals surface area contributed by atoms with Gasteiger partial charge in [-0.25, -0.2) is 4.98 Å². The first kappa shape index (κ1) is 16.4. The van der Waals surface area contributed by atoms with Gasteiger partial charge in [0.25, 0.3) is 5.56 Å². The quantitative estimate of drug-likeness (QED) is 0.783. The average molecular weight is 327 g/mol. The molecule has 0 fully saturated rings. The number of rotatable bonds is 4. The summed E-state index contributed by atoms with van der Waals surface area (Å²) in [6, 6.07) is 7.33. The molecule has 2 aromatic rings. The number of hydrogen-bond acceptors (Lipinski definition) is 4. The molecule has 1 aliphatic carbocycles. The van der Waals surface area contributed by atoms with Crippen molar-refractivity contribution in [3.8, 4) is 0 Å². The van der Waals surface area contributed by atoms with Crippen LogP contribution in [0.15, 0.2) is 29.1 Å². The maximum Gasteiger partial charge on any atom is 0.254 e. The van der Waals surface area contributed by atoms with Gasteiger partial charge in [0, 0.05) is 24.1 Å². The number of aliphatic hydroxyl groups is 1. The van der Waals surface area contributed by atoms with E-state index in [9.17, 15) is 14.7 Å². The van der Waals surface area contributed by atoms with Crippen LogP contribution in [-0.4, -0.2) is 27.1 Å². The fourth-order valence-electron chi connectivity index (χ4n) is 3.28. The van der Waals surface area contributed by atoms with E-state index in [1.165, 1.54) is 0 Å². The van der Waals surface area contributed by atoms with E-state index >= 15 is 0 Å². The Hall–Kier alpha value is -2.47. The third kappa shape index (κ3) is 3.23. The molecule has 6 heteroatoms. The molecule has 3 N–H and O–H groups in total. The van der Waals surface area contributed by atoms with Crippen LogP contribution in [0.2, 0.25) is 0 Å². The molecule has 1 amide bonds. The number of nitrogens with one attached hydrogen (secondary N) is 2. The van der Waals surface area contributed by atoms with Crippen molar-refractivity contribution in [2.75, 3.05) is 0 Å². The van der Waals surface area contributed by atoms with Crippen molar-refractivity contribution in [3.63, 3.8) is 0 Å². The highest BCUT2D eigenvalue weighted by molar-refractivity contribution is 5.77. The summed E-state index contributed by atoms with van der Waals surface area (Å²) >= 11 is 0. The van der Waals surface area contributed by atoms with Crippen LogP contribution in [0.25, 0.3) is 0 Å². The Bertz CT molecular complexity index is 828. The third-order valence-corrected chi connectivity index (χ3v) is 4.46. The van der Waals surface area contributed by atoms with E-state index in [1.807, 2.05) is 24.3 Å². The largest absolute Gasteiger partial charge is 0.390 e. The zero-order chi connectivity index (χ0) is 17.3. The Morgan fingerprint density at radius 1 is 1.38 bits per heavy atom. The summed E-state index contributed by atoms with van der Waals surface area (Å²) in [5, 5.41) is 13.1. The molecule has 3 rings (SSSR count). The predicted octanol–water partition coefficient (Wildman–Crippen LogP) is 1.09. The lowest BCUT2D eigenvalue weighted by Gasteiger charge is -2.18. The average Bonchev–Trinajstić information content (AvgIpc) is 2.82. The molecular formula is C18H21N3O3. The second kappa shape index (κ2) is 6.57. The molecule has 24 heavy (non-hydrogen) atoms. The van der Waals surface area contributed by atoms with Gasteiger partial charge in [-0.15, -0.1) is 0 Å². The van der Waals surface area contributed by atoms with E-state index in [2.05, 4.69) is 15.3 Å². The highest BCUT2D eigenvalue weighted by Crippen LogP contribution is 2.31. The van der Waals surface area contributed by atoms with Crippen molar-refractivity contribution in [1.29, 1.82) is 0 Å². The molecule has 1 heterocycles. The lowest BCUT2D eigenvalue weighted by molar-refractivity contribution is -0.122. The van der Waals surface area contributed by atoms with E-state index in [-0.39, 0.29) is 23.9 Å². The minimum absolute atomic E-state index is 0.181. The van der Waals surface area contributed by atoms with Crippen LogP contribution in [0.5, 0.6) is 0 Å². The number of H-pyrrole nitrogens is 1. The van der Waals surface area contributed by atoms with Crippen LogP contribution in [0, 0.1) is 13.8 Å². The molecular weight excluding hydrogens is 306 g/mol. The smallest absolute Gasteiger partial charge is 0.254 e. The third-order valence-electron chi connectivity index (χ3n) is 4.46. The molecule has 0 saturated heterocycles. The standard InChI is InChI=1S/C18H21N3O3/c1-10-13(18(24)20-11(2)19-10)7-8-16(23)21-17-14-6-4-3-5-12(14)9-15(17)22/h3-6,15,17,22H,7-9H2,1-2H3,(H,21,23)(H,19,20,24)/t15-,17+/m1/s1. The fraction of sp³-hybridized carbons (Fsp3) is 0.389. The summed E-state index contributed by atoms with van der Waals surface area (Å²) in [5.41, 5.74) is 3.01. The highest BCUT2D eigenvalue weighted by atomic mass is 16.3. The van der Waals surface area contributed by atoms with Gasteiger partial charge in [0.2, 0.25) is 5.91 Å². The number of fused-ring (bicyclic) bond motifs is 1. The van der Waals surface area contributed by atoms with Crippen molar-refractivity contribution in [2.24, 2.45) is 0 Å². The first-order chi connectivity index (χ1) is 11.5. The number of aliphatic hydroxyl groups excluding tert-OH is 1. The zero-order valence-electron chi connectivity index (χ0n) is 13.8. The van der Waals surface area contributed by atoms with Gasteiger partial charge in [-0.2, -0.15) is 0 Å². The van der Waals surface area contributed by atoms with Crippen molar-refractivity contribution in [3.05, 3.63) is 62.8 Å². The molecule has 1 aliphatic rings. The van der Waals surface area contributed by atoms with Crippen LogP contribution in [0.3, 0.4) is 0 Å². The second-order valence-corrected chi connectivity index (χ2v) is 6.23. The minimum atomic E-state index is -0.613. The Kier molecular flexibility index (Phi) is 4.49. The van der Waals surface area contributed by atoms with E-state index in [4.69, 9.17) is 0 Å². The number of nitrogens with zero attached hydrogens (tertiary/aromatic N) is 1. The molecule has 2 atom stereocenters. The Balaban J connectivity index is 1.66. The van der Waals surface area contributed by atoms with E-state index < -0.39 is 6.10 Å². The summed E-state index contributed by atoms with van der Waals surface area (Å²) in [4.78, 5) is 31.1. The summed E-state index contributed by atoms with van der Waals surface area (Å²) in [5.74, 6) is 0.381. The van der Waals surface area contributed by atoms with Crippen molar-refractivity contribution < 1.29 is 9.90 Å². The van der Waals surface area contributed by atoms with Gasteiger partial charge in [-0.1, -0.05) is 24.3 Å². The highest BCUT2D eigenvalue weighted by Gasteiger charge is 2.31. The van der Waals surface area contributed by atoms with Crippen LogP contribution in [-0.2, 0) is 17.6 Å². The van der Waals surface area contributed by atoms with Gasteiger partial charge in [0.15, 0.2) is 0 Å². The molecule has 0 saturated carbocycles. The van der Waals surface area contributed by atoms with Gasteiger partial charge in [0.1, 0.15) is 5.82 Å². The number of aromatic nitrogens is 2. The molecule has 0 radical (unpaired) electrons. The first-order valence-electron chi connectivity index (χ1n) is 8.07. The molecule has 0 spiro atoms. The van der Waals surface area contributed by atoms with E-state index in [1.54, 1.807) is 13.8 Å². The van der Waals surface area contributed by atoms with E-state index in [0.29, 0.717) is 29.9 Å². The maximum atomic E-state index is 12.3. The Morgan fingerprint density at radius 2 is 2.12 bits per heavy atom. The fourth-order valence-corrected chi connectivity index (χ4v) is 3.28. The van der Waals surface area contributed by atoms with Gasteiger partial charge in [0.05, 0.1) is 12.1 Å². The summed E-state index contributed by atoms with van der Waals surface area (Å²) in [7, 11) is 0. The first-order valence-corrected chi connectivity index (χ1v) is 8.07. The molecule has 1 aromatic heterocycles. The number of aryl methyl sites for hydroxylation is 2. The normalized spacial score (nSPS) is 19.1. The Labute approximate surface area is 140 Å². The topological polar surface area (TPSA) is 95.1 Å². The molecule has 0 aliphatic heterocycles. The lowest BCUT2D eigenvalue weighted by Crippen LogP contribution is -2.34. The molecule has 0 bridgehead atoms. The number of hydrogen-bond donors (Lipinski definition) is 3. The lowest BCUT2D eigenvalue weighted by atomic mass is 10.1. The summed E-state index contributed by atoms with van der Waals surface area (Å²) in [6.45, 7) is 3.50. The maximum absolute atomic E-state index is 12.3. The SMILES string of the molecule is Cc1nc(C)c(CCC(=O)N[C@H]2c3ccccc3C[C@H]2O)c(=O)[nH]1. The molecule has 126 valence electrons. The summed E-state index contributed by atoms with van der Waals surface area (Å²) < 4.78 is 0. The minimum Gasteiger partial charge on any atom is -0.390 e. The van der Waals surface area contributed by atoms with Gasteiger partial charge in [-0.05, 0) is 31.4 Å². The Morgan fingerprint density at radius 3 is 2.88 bits per heavy atom. The van der Waals surface area contributed by atoms with Gasteiger partial charge < -0.3 is 15.4 Å². The number of amides is 1. The van der Waals surface area contributed by atoms with Crippen molar-refractivity contribution >= 4 is 5.91 Å². The zero-order valence-corrected chi connectivity index (χ0v) is 13.8. The van der Waals surface area contributed by atoms with Crippen LogP contribution in [0.4, 0.5) is 0 Å². The van der Waals surface area contributed by atoms with Crippen molar-refractivity contribution in [2.45, 2.75) is 45.3 Å². The van der Waals surface area contributed by atoms with Gasteiger partial charge >= 0.3 is 0 Å². The van der Waals surface area contributed by atoms with Crippen LogP contribution in [0.1, 0.15) is 40.7 Å². The molecule has 6 nitrogen and oxygen atoms in total. The number of carbonyl (C=O) groups is 1. The summed E-state index contributed by atoms with van der Waals surface area (Å²) in [6.07, 6.45) is 0.435. The number of aromatic amines is 1. The molecule has 0 unspecified atom stereocenters. The van der Waals surface area contributed by atoms with Crippen LogP contribution >= 0.6 is 0 Å². The number of carbonyl (C=O) groups excluding carboxylic acids is 1. The van der Waals surface area contributed by atoms with Gasteiger partial charge in [-0.3, -0.25) is 9.59 Å². The van der Waals surface area contributed by atoms with E-state index in [0.717, 1.165) is 11.1 Å².